The van der Waals surface area contributed by atoms with E-state index in [0.717, 1.165) is 11.1 Å². The number of fused-ring (bicyclic) bond motifs is 1. The highest BCUT2D eigenvalue weighted by atomic mass is 32.2. The third kappa shape index (κ3) is 5.35. The Morgan fingerprint density at radius 2 is 1.67 bits per heavy atom. The number of ether oxygens (including phenoxy) is 1. The highest BCUT2D eigenvalue weighted by molar-refractivity contribution is 7.91. The summed E-state index contributed by atoms with van der Waals surface area (Å²) in [5.41, 5.74) is 0.435. The zero-order chi connectivity index (χ0) is 23.5. The van der Waals surface area contributed by atoms with Gasteiger partial charge in [0.2, 0.25) is 0 Å². The lowest BCUT2D eigenvalue weighted by atomic mass is 9.78. The number of aromatic hydroxyl groups is 1. The summed E-state index contributed by atoms with van der Waals surface area (Å²) >= 11 is 0. The van der Waals surface area contributed by atoms with E-state index in [1.807, 2.05) is 42.5 Å². The van der Waals surface area contributed by atoms with Crippen LogP contribution in [0.2, 0.25) is 0 Å². The van der Waals surface area contributed by atoms with Gasteiger partial charge in [0.15, 0.2) is 9.84 Å². The van der Waals surface area contributed by atoms with E-state index in [-0.39, 0.29) is 23.7 Å². The third-order valence-corrected chi connectivity index (χ3v) is 7.58. The molecule has 1 aliphatic rings. The normalized spacial score (nSPS) is 20.0. The molecule has 0 unspecified atom stereocenters. The van der Waals surface area contributed by atoms with Gasteiger partial charge in [-0.1, -0.05) is 54.6 Å². The highest BCUT2D eigenvalue weighted by Gasteiger charge is 2.43. The zero-order valence-electron chi connectivity index (χ0n) is 17.8. The second kappa shape index (κ2) is 9.25. The average molecular weight is 468 g/mol. The molecule has 0 fully saturated rings. The van der Waals surface area contributed by atoms with Gasteiger partial charge >= 0.3 is 6.09 Å². The molecule has 0 bridgehead atoms. The molecule has 0 spiro atoms. The predicted octanol–water partition coefficient (Wildman–Crippen LogP) is 3.29. The van der Waals surface area contributed by atoms with Crippen molar-refractivity contribution >= 4 is 15.9 Å². The number of sulfone groups is 1. The second-order valence-electron chi connectivity index (χ2n) is 8.25. The van der Waals surface area contributed by atoms with E-state index in [2.05, 4.69) is 5.32 Å². The van der Waals surface area contributed by atoms with E-state index >= 15 is 0 Å². The number of carbonyl (C=O) groups is 1. The topological polar surface area (TPSA) is 113 Å². The van der Waals surface area contributed by atoms with E-state index in [4.69, 9.17) is 4.74 Å². The van der Waals surface area contributed by atoms with Crippen LogP contribution >= 0.6 is 0 Å². The van der Waals surface area contributed by atoms with Crippen molar-refractivity contribution in [3.05, 3.63) is 95.6 Å². The van der Waals surface area contributed by atoms with E-state index < -0.39 is 33.3 Å². The fraction of sp³-hybridized carbons (Fsp3) is 0.240. The van der Waals surface area contributed by atoms with Crippen LogP contribution in [-0.4, -0.2) is 36.5 Å². The van der Waals surface area contributed by atoms with Gasteiger partial charge in [0.05, 0.1) is 10.6 Å². The van der Waals surface area contributed by atoms with Crippen molar-refractivity contribution in [1.29, 1.82) is 0 Å². The molecule has 0 saturated carbocycles. The van der Waals surface area contributed by atoms with Crippen molar-refractivity contribution in [2.75, 3.05) is 5.75 Å². The molecule has 0 saturated heterocycles. The molecule has 3 aromatic carbocycles. The Labute approximate surface area is 192 Å². The van der Waals surface area contributed by atoms with Crippen LogP contribution in [0.4, 0.5) is 4.79 Å². The first-order valence-corrected chi connectivity index (χ1v) is 12.2. The predicted molar refractivity (Wildman–Crippen MR) is 122 cm³/mol. The molecule has 8 heteroatoms. The average Bonchev–Trinajstić information content (AvgIpc) is 2.78. The van der Waals surface area contributed by atoms with Crippen molar-refractivity contribution in [1.82, 2.24) is 5.32 Å². The van der Waals surface area contributed by atoms with Gasteiger partial charge in [0.25, 0.3) is 0 Å². The Kier molecular flexibility index (Phi) is 6.40. The summed E-state index contributed by atoms with van der Waals surface area (Å²) in [7, 11) is -3.88. The molecule has 4 rings (SSSR count). The van der Waals surface area contributed by atoms with Gasteiger partial charge in [-0.3, -0.25) is 0 Å². The Morgan fingerprint density at radius 3 is 2.39 bits per heavy atom. The first kappa shape index (κ1) is 22.8. The fourth-order valence-corrected chi connectivity index (χ4v) is 5.85. The molecule has 33 heavy (non-hydrogen) atoms. The molecule has 3 aromatic rings. The molecule has 0 aromatic heterocycles. The van der Waals surface area contributed by atoms with Crippen LogP contribution < -0.4 is 5.32 Å². The maximum atomic E-state index is 13.1. The van der Waals surface area contributed by atoms with Crippen LogP contribution in [0.3, 0.4) is 0 Å². The number of nitrogens with one attached hydrogen (secondary N) is 1. The van der Waals surface area contributed by atoms with Crippen molar-refractivity contribution in [2.24, 2.45) is 0 Å². The molecule has 172 valence electrons. The molecule has 7 nitrogen and oxygen atoms in total. The number of phenolic OH excluding ortho intramolecular Hbond substituents is 1. The summed E-state index contributed by atoms with van der Waals surface area (Å²) in [6, 6.07) is 21.0. The molecule has 1 amide bonds. The Hall–Kier alpha value is -3.36. The molecule has 0 aliphatic heterocycles. The Morgan fingerprint density at radius 1 is 1.00 bits per heavy atom. The number of benzene rings is 3. The zero-order valence-corrected chi connectivity index (χ0v) is 18.7. The van der Waals surface area contributed by atoms with Gasteiger partial charge in [-0.25, -0.2) is 13.2 Å². The monoisotopic (exact) mass is 467 g/mol. The highest BCUT2D eigenvalue weighted by Crippen LogP contribution is 2.38. The summed E-state index contributed by atoms with van der Waals surface area (Å²) in [6.07, 6.45) is -0.174. The lowest BCUT2D eigenvalue weighted by Crippen LogP contribution is -2.49. The number of aliphatic hydroxyl groups is 1. The van der Waals surface area contributed by atoms with Crippen molar-refractivity contribution in [3.8, 4) is 5.75 Å². The first-order chi connectivity index (χ1) is 15.7. The standard InChI is InChI=1S/C25H25NO6S/c27-21-10-12-22(13-11-21)33(30,31)17-25(29)15-20(14-19-8-4-5-9-23(19)25)26-24(28)32-16-18-6-2-1-3-7-18/h1-13,20,27,29H,14-17H2,(H,26,28)/t20-,25+/m1/s1. The number of hydrogen-bond acceptors (Lipinski definition) is 6. The van der Waals surface area contributed by atoms with E-state index in [0.29, 0.717) is 12.0 Å². The van der Waals surface area contributed by atoms with Gasteiger partial charge < -0.3 is 20.3 Å². The van der Waals surface area contributed by atoms with Gasteiger partial charge in [-0.05, 0) is 47.4 Å². The Balaban J connectivity index is 1.52. The number of carbonyl (C=O) groups excluding carboxylic acids is 1. The molecule has 3 N–H and O–H groups in total. The molecule has 2 atom stereocenters. The maximum absolute atomic E-state index is 13.1. The number of rotatable bonds is 6. The van der Waals surface area contributed by atoms with Crippen LogP contribution in [0.5, 0.6) is 5.75 Å². The minimum Gasteiger partial charge on any atom is -0.508 e. The fourth-order valence-electron chi connectivity index (χ4n) is 4.23. The number of alkyl carbamates (subject to hydrolysis) is 1. The van der Waals surface area contributed by atoms with Crippen LogP contribution in [0, 0.1) is 0 Å². The van der Waals surface area contributed by atoms with Gasteiger partial charge in [0, 0.05) is 12.5 Å². The molecule has 0 radical (unpaired) electrons. The lowest BCUT2D eigenvalue weighted by Gasteiger charge is -2.38. The number of hydrogen-bond donors (Lipinski definition) is 3. The van der Waals surface area contributed by atoms with Gasteiger partial charge in [-0.2, -0.15) is 0 Å². The van der Waals surface area contributed by atoms with Crippen LogP contribution in [0.25, 0.3) is 0 Å². The summed E-state index contributed by atoms with van der Waals surface area (Å²) < 4.78 is 31.4. The second-order valence-corrected chi connectivity index (χ2v) is 10.2. The van der Waals surface area contributed by atoms with Gasteiger partial charge in [-0.15, -0.1) is 0 Å². The summed E-state index contributed by atoms with van der Waals surface area (Å²) in [6.45, 7) is 0.107. The van der Waals surface area contributed by atoms with Gasteiger partial charge in [0.1, 0.15) is 18.0 Å². The van der Waals surface area contributed by atoms with Crippen LogP contribution in [0.15, 0.2) is 83.8 Å². The van der Waals surface area contributed by atoms with E-state index in [9.17, 15) is 23.4 Å². The quantitative estimate of drug-likeness (QED) is 0.513. The smallest absolute Gasteiger partial charge is 0.407 e. The Bertz CT molecular complexity index is 1230. The first-order valence-electron chi connectivity index (χ1n) is 10.5. The van der Waals surface area contributed by atoms with E-state index in [1.165, 1.54) is 24.3 Å². The largest absolute Gasteiger partial charge is 0.508 e. The van der Waals surface area contributed by atoms with Crippen molar-refractivity contribution < 1.29 is 28.2 Å². The number of amides is 1. The van der Waals surface area contributed by atoms with E-state index in [1.54, 1.807) is 12.1 Å². The number of phenols is 1. The minimum atomic E-state index is -3.88. The molecule has 1 aliphatic carbocycles. The maximum Gasteiger partial charge on any atom is 0.407 e. The lowest BCUT2D eigenvalue weighted by molar-refractivity contribution is 0.0305. The van der Waals surface area contributed by atoms with Crippen LogP contribution in [-0.2, 0) is 33.2 Å². The molecular weight excluding hydrogens is 442 g/mol. The third-order valence-electron chi connectivity index (χ3n) is 5.73. The van der Waals surface area contributed by atoms with Crippen molar-refractivity contribution in [2.45, 2.75) is 36.0 Å². The summed E-state index contributed by atoms with van der Waals surface area (Å²) in [5, 5.41) is 23.8. The van der Waals surface area contributed by atoms with Crippen molar-refractivity contribution in [3.63, 3.8) is 0 Å². The SMILES string of the molecule is O=C(N[C@@H]1Cc2ccccc2[C@@](O)(CS(=O)(=O)c2ccc(O)cc2)C1)OCc1ccccc1. The molecule has 0 heterocycles. The minimum absolute atomic E-state index is 0.00330. The van der Waals surface area contributed by atoms with Crippen LogP contribution in [0.1, 0.15) is 23.1 Å². The summed E-state index contributed by atoms with van der Waals surface area (Å²) in [5.74, 6) is -0.604. The summed E-state index contributed by atoms with van der Waals surface area (Å²) in [4.78, 5) is 12.4. The molecular formula is C25H25NO6S.